The molecule has 0 saturated carbocycles. The van der Waals surface area contributed by atoms with Crippen molar-refractivity contribution in [3.63, 3.8) is 0 Å². The molecule has 189 valence electrons. The van der Waals surface area contributed by atoms with Gasteiger partial charge in [0.25, 0.3) is 0 Å². The zero-order chi connectivity index (χ0) is 25.5. The molecule has 6 rings (SSSR count). The second-order valence-electron chi connectivity index (χ2n) is 8.12. The molecular formula is C32H21F2IrN3-2. The molecule has 4 aromatic carbocycles. The summed E-state index contributed by atoms with van der Waals surface area (Å²) in [6.07, 6.45) is 5.47. The third-order valence-corrected chi connectivity index (χ3v) is 5.63. The van der Waals surface area contributed by atoms with Crippen LogP contribution in [0.5, 0.6) is 0 Å². The van der Waals surface area contributed by atoms with E-state index >= 15 is 0 Å². The average Bonchev–Trinajstić information content (AvgIpc) is 3.46. The van der Waals surface area contributed by atoms with Crippen molar-refractivity contribution in [3.05, 3.63) is 152 Å². The van der Waals surface area contributed by atoms with Gasteiger partial charge in [0, 0.05) is 49.7 Å². The largest absolute Gasteiger partial charge is 0.305 e. The second kappa shape index (κ2) is 12.8. The Bertz CT molecular complexity index is 1570. The van der Waals surface area contributed by atoms with Crippen LogP contribution in [0.1, 0.15) is 0 Å². The summed E-state index contributed by atoms with van der Waals surface area (Å²) >= 11 is 0. The number of nitrogens with zero attached hydrogens (tertiary/aromatic N) is 3. The van der Waals surface area contributed by atoms with Crippen LogP contribution in [0.3, 0.4) is 0 Å². The van der Waals surface area contributed by atoms with Crippen molar-refractivity contribution < 1.29 is 28.9 Å². The van der Waals surface area contributed by atoms with Crippen molar-refractivity contribution in [1.82, 2.24) is 14.8 Å². The fourth-order valence-electron chi connectivity index (χ4n) is 3.77. The first-order valence-corrected chi connectivity index (χ1v) is 11.6. The first-order chi connectivity index (χ1) is 18.2. The molecule has 0 N–H and O–H groups in total. The Hall–Kier alpha value is -4.25. The molecule has 38 heavy (non-hydrogen) atoms. The molecule has 6 aromatic rings. The maximum atomic E-state index is 13.2. The normalized spacial score (nSPS) is 10.2. The molecule has 3 nitrogen and oxygen atoms in total. The Morgan fingerprint density at radius 3 is 2.03 bits per heavy atom. The molecule has 0 amide bonds. The first kappa shape index (κ1) is 26.8. The van der Waals surface area contributed by atoms with E-state index in [9.17, 15) is 8.78 Å². The molecule has 2 aromatic heterocycles. The Kier molecular flexibility index (Phi) is 9.04. The van der Waals surface area contributed by atoms with E-state index in [-0.39, 0.29) is 25.7 Å². The van der Waals surface area contributed by atoms with E-state index in [0.29, 0.717) is 5.69 Å². The SMILES string of the molecule is Fc1c[c-]c(-c2ccccn2)c(F)c1.[Ir].[c-]1ccccc1-n1cc(-c2ccc(-c3ccccc3)cc2)cn1. The minimum atomic E-state index is -0.649. The summed E-state index contributed by atoms with van der Waals surface area (Å²) in [5.74, 6) is -1.29. The molecular weight excluding hydrogens is 657 g/mol. The number of aromatic nitrogens is 3. The van der Waals surface area contributed by atoms with Gasteiger partial charge in [-0.15, -0.1) is 18.2 Å². The molecule has 0 spiro atoms. The van der Waals surface area contributed by atoms with E-state index in [2.05, 4.69) is 70.7 Å². The summed E-state index contributed by atoms with van der Waals surface area (Å²) in [7, 11) is 0. The molecule has 0 aliphatic heterocycles. The number of pyridine rings is 1. The number of rotatable bonds is 4. The van der Waals surface area contributed by atoms with Gasteiger partial charge in [-0.1, -0.05) is 78.4 Å². The summed E-state index contributed by atoms with van der Waals surface area (Å²) < 4.78 is 27.6. The predicted octanol–water partition coefficient (Wildman–Crippen LogP) is 7.83. The Balaban J connectivity index is 0.000000193. The quantitative estimate of drug-likeness (QED) is 0.178. The van der Waals surface area contributed by atoms with Crippen molar-refractivity contribution in [3.8, 4) is 39.2 Å². The van der Waals surface area contributed by atoms with Crippen LogP contribution >= 0.6 is 0 Å². The topological polar surface area (TPSA) is 30.7 Å². The standard InChI is InChI=1S/C21H15N2.C11H6F2N.Ir/c1-3-7-17(8-4-1)18-11-13-19(14-12-18)20-15-22-23(16-20)21-9-5-2-6-10-21;12-8-4-5-9(10(13)7-8)11-3-1-2-6-14-11;/h1-9,11-16H;1-4,6-7H;/q2*-1;. The first-order valence-electron chi connectivity index (χ1n) is 11.6. The minimum Gasteiger partial charge on any atom is -0.305 e. The Morgan fingerprint density at radius 1 is 0.684 bits per heavy atom. The maximum absolute atomic E-state index is 13.2. The van der Waals surface area contributed by atoms with Crippen LogP contribution in [0.15, 0.2) is 128 Å². The Morgan fingerprint density at radius 2 is 1.37 bits per heavy atom. The van der Waals surface area contributed by atoms with E-state index in [1.54, 1.807) is 24.4 Å². The van der Waals surface area contributed by atoms with Crippen molar-refractivity contribution in [2.45, 2.75) is 0 Å². The van der Waals surface area contributed by atoms with Crippen molar-refractivity contribution in [1.29, 1.82) is 0 Å². The fourth-order valence-corrected chi connectivity index (χ4v) is 3.77. The monoisotopic (exact) mass is 678 g/mol. The van der Waals surface area contributed by atoms with E-state index in [1.807, 2.05) is 47.4 Å². The smallest absolute Gasteiger partial charge is 0.0571 e. The van der Waals surface area contributed by atoms with E-state index in [1.165, 1.54) is 11.1 Å². The summed E-state index contributed by atoms with van der Waals surface area (Å²) in [4.78, 5) is 3.95. The van der Waals surface area contributed by atoms with Crippen molar-refractivity contribution >= 4 is 0 Å². The molecule has 0 aliphatic rings. The van der Waals surface area contributed by atoms with Crippen LogP contribution in [-0.4, -0.2) is 14.8 Å². The summed E-state index contributed by atoms with van der Waals surface area (Å²) in [5, 5.41) is 4.43. The van der Waals surface area contributed by atoms with Crippen LogP contribution in [0.2, 0.25) is 0 Å². The van der Waals surface area contributed by atoms with E-state index < -0.39 is 11.6 Å². The van der Waals surface area contributed by atoms with Gasteiger partial charge in [0.15, 0.2) is 0 Å². The summed E-state index contributed by atoms with van der Waals surface area (Å²) in [6, 6.07) is 39.5. The summed E-state index contributed by atoms with van der Waals surface area (Å²) in [6.45, 7) is 0. The number of hydrogen-bond donors (Lipinski definition) is 0. The molecule has 6 heteroatoms. The zero-order valence-electron chi connectivity index (χ0n) is 20.1. The van der Waals surface area contributed by atoms with Gasteiger partial charge in [-0.05, 0) is 34.1 Å². The number of halogens is 2. The number of benzene rings is 4. The third-order valence-electron chi connectivity index (χ3n) is 5.63. The van der Waals surface area contributed by atoms with E-state index in [0.717, 1.165) is 28.9 Å². The van der Waals surface area contributed by atoms with Gasteiger partial charge in [-0.2, -0.15) is 29.4 Å². The van der Waals surface area contributed by atoms with Crippen molar-refractivity contribution in [2.75, 3.05) is 0 Å². The maximum Gasteiger partial charge on any atom is 0.0571 e. The molecule has 0 fully saturated rings. The molecule has 2 heterocycles. The molecule has 0 unspecified atom stereocenters. The van der Waals surface area contributed by atoms with Crippen LogP contribution in [0.25, 0.3) is 39.2 Å². The van der Waals surface area contributed by atoms with Gasteiger partial charge >= 0.3 is 0 Å². The van der Waals surface area contributed by atoms with Gasteiger partial charge in [0.2, 0.25) is 0 Å². The second-order valence-corrected chi connectivity index (χ2v) is 8.12. The third kappa shape index (κ3) is 6.54. The van der Waals surface area contributed by atoms with Crippen LogP contribution in [0.4, 0.5) is 8.78 Å². The molecule has 0 saturated heterocycles. The predicted molar refractivity (Wildman–Crippen MR) is 142 cm³/mol. The van der Waals surface area contributed by atoms with Gasteiger partial charge in [-0.3, -0.25) is 13.5 Å². The molecule has 0 aliphatic carbocycles. The van der Waals surface area contributed by atoms with Gasteiger partial charge in [0.05, 0.1) is 6.20 Å². The molecule has 1 radical (unpaired) electrons. The van der Waals surface area contributed by atoms with Crippen molar-refractivity contribution in [2.24, 2.45) is 0 Å². The summed E-state index contributed by atoms with van der Waals surface area (Å²) in [5.41, 5.74) is 6.29. The minimum absolute atomic E-state index is 0. The fraction of sp³-hybridized carbons (Fsp3) is 0. The Labute approximate surface area is 233 Å². The zero-order valence-corrected chi connectivity index (χ0v) is 22.5. The molecule has 0 bridgehead atoms. The average molecular weight is 678 g/mol. The van der Waals surface area contributed by atoms with Crippen LogP contribution < -0.4 is 0 Å². The van der Waals surface area contributed by atoms with Gasteiger partial charge in [-0.25, -0.2) is 0 Å². The van der Waals surface area contributed by atoms with Crippen LogP contribution in [-0.2, 0) is 20.1 Å². The molecule has 0 atom stereocenters. The van der Waals surface area contributed by atoms with E-state index in [4.69, 9.17) is 0 Å². The van der Waals surface area contributed by atoms with Crippen LogP contribution in [0, 0.1) is 23.8 Å². The number of hydrogen-bond acceptors (Lipinski definition) is 2. The van der Waals surface area contributed by atoms with Gasteiger partial charge < -0.3 is 4.98 Å². The van der Waals surface area contributed by atoms with Gasteiger partial charge in [0.1, 0.15) is 0 Å². The number of para-hydroxylation sites is 1.